The van der Waals surface area contributed by atoms with E-state index in [1.54, 1.807) is 0 Å². The van der Waals surface area contributed by atoms with Crippen molar-refractivity contribution in [2.45, 2.75) is 32.2 Å². The maximum Gasteiger partial charge on any atom is 0.320 e. The van der Waals surface area contributed by atoms with E-state index in [0.717, 1.165) is 6.42 Å². The molecule has 0 aromatic rings. The molecule has 0 aliphatic rings. The van der Waals surface area contributed by atoms with E-state index in [1.807, 2.05) is 6.92 Å². The van der Waals surface area contributed by atoms with Crippen molar-refractivity contribution in [3.05, 3.63) is 0 Å². The predicted molar refractivity (Wildman–Crippen MR) is 51.0 cm³/mol. The van der Waals surface area contributed by atoms with Crippen molar-refractivity contribution >= 4 is 11.9 Å². The average molecular weight is 203 g/mol. The summed E-state index contributed by atoms with van der Waals surface area (Å²) in [6.45, 7) is 2.25. The molecule has 0 aliphatic heterocycles. The van der Waals surface area contributed by atoms with Crippen molar-refractivity contribution < 1.29 is 19.4 Å². The molecule has 0 spiro atoms. The van der Waals surface area contributed by atoms with Crippen LogP contribution in [0.15, 0.2) is 0 Å². The van der Waals surface area contributed by atoms with Gasteiger partial charge in [0, 0.05) is 6.54 Å². The van der Waals surface area contributed by atoms with Gasteiger partial charge in [-0.15, -0.1) is 0 Å². The van der Waals surface area contributed by atoms with Crippen molar-refractivity contribution in [1.29, 1.82) is 0 Å². The molecular formula is C9H17NO4. The van der Waals surface area contributed by atoms with E-state index >= 15 is 0 Å². The lowest BCUT2D eigenvalue weighted by Crippen LogP contribution is -2.37. The van der Waals surface area contributed by atoms with E-state index in [-0.39, 0.29) is 12.4 Å². The van der Waals surface area contributed by atoms with Crippen molar-refractivity contribution in [3.8, 4) is 0 Å². The number of carbonyl (C=O) groups is 2. The third kappa shape index (κ3) is 5.53. The van der Waals surface area contributed by atoms with E-state index in [1.165, 1.54) is 7.11 Å². The van der Waals surface area contributed by atoms with Crippen LogP contribution in [0.3, 0.4) is 0 Å². The van der Waals surface area contributed by atoms with Crippen LogP contribution in [0, 0.1) is 0 Å². The molecule has 5 nitrogen and oxygen atoms in total. The molecule has 0 fully saturated rings. The van der Waals surface area contributed by atoms with Crippen LogP contribution in [0.25, 0.3) is 0 Å². The van der Waals surface area contributed by atoms with Gasteiger partial charge in [-0.05, 0) is 6.42 Å². The minimum atomic E-state index is -0.878. The van der Waals surface area contributed by atoms with Crippen LogP contribution in [0.1, 0.15) is 26.2 Å². The van der Waals surface area contributed by atoms with Crippen LogP contribution in [-0.2, 0) is 14.3 Å². The summed E-state index contributed by atoms with van der Waals surface area (Å²) in [6.07, 6.45) is 1.56. The third-order valence-electron chi connectivity index (χ3n) is 1.82. The van der Waals surface area contributed by atoms with E-state index in [0.29, 0.717) is 13.0 Å². The maximum absolute atomic E-state index is 10.7. The molecule has 1 atom stereocenters. The van der Waals surface area contributed by atoms with Crippen LogP contribution in [0.5, 0.6) is 0 Å². The van der Waals surface area contributed by atoms with Gasteiger partial charge in [0.1, 0.15) is 6.04 Å². The highest BCUT2D eigenvalue weighted by Gasteiger charge is 2.15. The zero-order valence-corrected chi connectivity index (χ0v) is 8.58. The lowest BCUT2D eigenvalue weighted by molar-refractivity contribution is -0.142. The quantitative estimate of drug-likeness (QED) is 0.585. The molecule has 0 aromatic heterocycles. The Balaban J connectivity index is 3.71. The SMILES string of the molecule is CCCC(NCCC(=O)OC)C(=O)O. The average Bonchev–Trinajstić information content (AvgIpc) is 2.16. The molecule has 14 heavy (non-hydrogen) atoms. The van der Waals surface area contributed by atoms with Gasteiger partial charge in [0.15, 0.2) is 0 Å². The monoisotopic (exact) mass is 203 g/mol. The second kappa shape index (κ2) is 7.32. The number of methoxy groups -OCH3 is 1. The van der Waals surface area contributed by atoms with Crippen molar-refractivity contribution in [2.75, 3.05) is 13.7 Å². The Labute approximate surface area is 83.4 Å². The second-order valence-corrected chi connectivity index (χ2v) is 2.96. The maximum atomic E-state index is 10.7. The molecule has 0 radical (unpaired) electrons. The zero-order valence-electron chi connectivity index (χ0n) is 8.58. The van der Waals surface area contributed by atoms with E-state index in [2.05, 4.69) is 10.1 Å². The number of carboxylic acid groups (broad SMARTS) is 1. The topological polar surface area (TPSA) is 75.6 Å². The Morgan fingerprint density at radius 1 is 1.50 bits per heavy atom. The fourth-order valence-corrected chi connectivity index (χ4v) is 1.05. The summed E-state index contributed by atoms with van der Waals surface area (Å²) >= 11 is 0. The van der Waals surface area contributed by atoms with Gasteiger partial charge >= 0.3 is 11.9 Å². The third-order valence-corrected chi connectivity index (χ3v) is 1.82. The molecular weight excluding hydrogens is 186 g/mol. The molecule has 0 saturated heterocycles. The summed E-state index contributed by atoms with van der Waals surface area (Å²) in [7, 11) is 1.31. The Kier molecular flexibility index (Phi) is 6.74. The summed E-state index contributed by atoms with van der Waals surface area (Å²) in [4.78, 5) is 21.4. The number of esters is 1. The second-order valence-electron chi connectivity index (χ2n) is 2.96. The normalized spacial score (nSPS) is 12.1. The van der Waals surface area contributed by atoms with Crippen LogP contribution in [-0.4, -0.2) is 36.7 Å². The van der Waals surface area contributed by atoms with Crippen LogP contribution >= 0.6 is 0 Å². The van der Waals surface area contributed by atoms with Crippen molar-refractivity contribution in [1.82, 2.24) is 5.32 Å². The molecule has 0 rings (SSSR count). The van der Waals surface area contributed by atoms with Gasteiger partial charge in [-0.3, -0.25) is 9.59 Å². The van der Waals surface area contributed by atoms with Crippen LogP contribution in [0.2, 0.25) is 0 Å². The lowest BCUT2D eigenvalue weighted by atomic mass is 10.1. The molecule has 5 heteroatoms. The fourth-order valence-electron chi connectivity index (χ4n) is 1.05. The summed E-state index contributed by atoms with van der Waals surface area (Å²) in [5.41, 5.74) is 0. The number of ether oxygens (including phenoxy) is 1. The smallest absolute Gasteiger partial charge is 0.320 e. The van der Waals surface area contributed by atoms with Gasteiger partial charge < -0.3 is 15.2 Å². The standard InChI is InChI=1S/C9H17NO4/c1-3-4-7(9(12)13)10-6-5-8(11)14-2/h7,10H,3-6H2,1-2H3,(H,12,13). The number of hydrogen-bond acceptors (Lipinski definition) is 4. The zero-order chi connectivity index (χ0) is 11.0. The van der Waals surface area contributed by atoms with Gasteiger partial charge in [0.25, 0.3) is 0 Å². The van der Waals surface area contributed by atoms with Crippen molar-refractivity contribution in [3.63, 3.8) is 0 Å². The van der Waals surface area contributed by atoms with Crippen LogP contribution in [0.4, 0.5) is 0 Å². The molecule has 0 amide bonds. The van der Waals surface area contributed by atoms with Gasteiger partial charge in [0.2, 0.25) is 0 Å². The summed E-state index contributed by atoms with van der Waals surface area (Å²) in [6, 6.07) is -0.565. The van der Waals surface area contributed by atoms with E-state index in [4.69, 9.17) is 5.11 Å². The first-order valence-electron chi connectivity index (χ1n) is 4.64. The van der Waals surface area contributed by atoms with E-state index in [9.17, 15) is 9.59 Å². The largest absolute Gasteiger partial charge is 0.480 e. The van der Waals surface area contributed by atoms with E-state index < -0.39 is 12.0 Å². The molecule has 1 unspecified atom stereocenters. The van der Waals surface area contributed by atoms with Gasteiger partial charge in [-0.25, -0.2) is 0 Å². The number of hydrogen-bond donors (Lipinski definition) is 2. The minimum Gasteiger partial charge on any atom is -0.480 e. The van der Waals surface area contributed by atoms with Gasteiger partial charge in [-0.1, -0.05) is 13.3 Å². The Bertz CT molecular complexity index is 193. The number of carboxylic acids is 1. The predicted octanol–water partition coefficient (Wildman–Crippen LogP) is 0.392. The molecule has 0 aliphatic carbocycles. The van der Waals surface area contributed by atoms with Gasteiger partial charge in [0.05, 0.1) is 13.5 Å². The molecule has 0 saturated carbocycles. The van der Waals surface area contributed by atoms with Crippen molar-refractivity contribution in [2.24, 2.45) is 0 Å². The van der Waals surface area contributed by atoms with Crippen LogP contribution < -0.4 is 5.32 Å². The Hall–Kier alpha value is -1.10. The number of nitrogens with one attached hydrogen (secondary N) is 1. The highest BCUT2D eigenvalue weighted by Crippen LogP contribution is 1.96. The first-order chi connectivity index (χ1) is 6.61. The minimum absolute atomic E-state index is 0.198. The highest BCUT2D eigenvalue weighted by atomic mass is 16.5. The summed E-state index contributed by atoms with van der Waals surface area (Å²) < 4.78 is 4.43. The summed E-state index contributed by atoms with van der Waals surface area (Å²) in [5, 5.41) is 11.5. The first kappa shape index (κ1) is 12.9. The Morgan fingerprint density at radius 3 is 2.57 bits per heavy atom. The molecule has 82 valence electrons. The molecule has 0 heterocycles. The number of carbonyl (C=O) groups excluding carboxylic acids is 1. The van der Waals surface area contributed by atoms with Gasteiger partial charge in [-0.2, -0.15) is 0 Å². The number of aliphatic carboxylic acids is 1. The summed E-state index contributed by atoms with van der Waals surface area (Å²) in [5.74, 6) is -1.21. The molecule has 0 bridgehead atoms. The molecule has 2 N–H and O–H groups in total. The highest BCUT2D eigenvalue weighted by molar-refractivity contribution is 5.73. The first-order valence-corrected chi connectivity index (χ1v) is 4.64. The Morgan fingerprint density at radius 2 is 2.14 bits per heavy atom. The fraction of sp³-hybridized carbons (Fsp3) is 0.778. The lowest BCUT2D eigenvalue weighted by Gasteiger charge is -2.12. The number of rotatable bonds is 7. The molecule has 0 aromatic carbocycles.